The van der Waals surface area contributed by atoms with Gasteiger partial charge in [-0.05, 0) is 0 Å². The molecule has 0 radical (unpaired) electrons. The lowest BCUT2D eigenvalue weighted by atomic mass is 10.2. The number of rotatable bonds is 2. The van der Waals surface area contributed by atoms with Crippen molar-refractivity contribution in [2.24, 2.45) is 0 Å². The van der Waals surface area contributed by atoms with E-state index in [4.69, 9.17) is 19.1 Å². The van der Waals surface area contributed by atoms with Crippen LogP contribution >= 0.6 is 0 Å². The monoisotopic (exact) mass is 183 g/mol. The van der Waals surface area contributed by atoms with Gasteiger partial charge in [-0.3, -0.25) is 0 Å². The summed E-state index contributed by atoms with van der Waals surface area (Å²) >= 11 is 0. The molecular formula is C8H9NO4. The zero-order valence-electron chi connectivity index (χ0n) is 7.06. The second kappa shape index (κ2) is 2.77. The molecule has 2 rings (SSSR count). The van der Waals surface area contributed by atoms with Gasteiger partial charge in [0.15, 0.2) is 0 Å². The van der Waals surface area contributed by atoms with Crippen LogP contribution in [0.4, 0.5) is 0 Å². The lowest BCUT2D eigenvalue weighted by molar-refractivity contribution is -0.149. The fourth-order valence-electron chi connectivity index (χ4n) is 1.06. The van der Waals surface area contributed by atoms with Gasteiger partial charge in [-0.15, -0.1) is 0 Å². The van der Waals surface area contributed by atoms with Crippen molar-refractivity contribution in [2.75, 3.05) is 0 Å². The highest BCUT2D eigenvalue weighted by Gasteiger charge is 2.36. The van der Waals surface area contributed by atoms with Crippen LogP contribution in [0.1, 0.15) is 18.4 Å². The van der Waals surface area contributed by atoms with Crippen molar-refractivity contribution in [2.45, 2.75) is 19.3 Å². The van der Waals surface area contributed by atoms with Gasteiger partial charge in [0.05, 0.1) is 6.61 Å². The Balaban J connectivity index is 2.24. The van der Waals surface area contributed by atoms with Crippen LogP contribution in [0.5, 0.6) is 0 Å². The second-order valence-electron chi connectivity index (χ2n) is 2.79. The Morgan fingerprint density at radius 2 is 2.15 bits per heavy atom. The van der Waals surface area contributed by atoms with E-state index in [1.165, 1.54) is 12.5 Å². The van der Waals surface area contributed by atoms with Crippen molar-refractivity contribution in [1.29, 1.82) is 0 Å². The second-order valence-corrected chi connectivity index (χ2v) is 2.79. The van der Waals surface area contributed by atoms with Crippen LogP contribution in [-0.4, -0.2) is 10.3 Å². The molecule has 0 atom stereocenters. The number of nitrogens with zero attached hydrogens (tertiary/aromatic N) is 1. The number of hydrogen-bond donors (Lipinski definition) is 1. The molecule has 0 aliphatic carbocycles. The fourth-order valence-corrected chi connectivity index (χ4v) is 1.06. The maximum absolute atomic E-state index is 8.76. The molecule has 0 spiro atoms. The van der Waals surface area contributed by atoms with Gasteiger partial charge >= 0.3 is 5.79 Å². The highest BCUT2D eigenvalue weighted by Crippen LogP contribution is 2.31. The van der Waals surface area contributed by atoms with E-state index in [-0.39, 0.29) is 6.61 Å². The average Bonchev–Trinajstić information content (AvgIpc) is 2.72. The van der Waals surface area contributed by atoms with Crippen LogP contribution in [0, 0.1) is 0 Å². The van der Waals surface area contributed by atoms with E-state index in [9.17, 15) is 0 Å². The van der Waals surface area contributed by atoms with Crippen LogP contribution in [0.15, 0.2) is 23.1 Å². The first-order valence-electron chi connectivity index (χ1n) is 3.82. The van der Waals surface area contributed by atoms with E-state index in [1.54, 1.807) is 13.0 Å². The topological polar surface area (TPSA) is 64.7 Å². The Hall–Kier alpha value is -1.49. The van der Waals surface area contributed by atoms with Gasteiger partial charge in [-0.1, -0.05) is 5.16 Å². The molecule has 5 nitrogen and oxygen atoms in total. The number of aliphatic hydroxyl groups excluding tert-OH is 1. The summed E-state index contributed by atoms with van der Waals surface area (Å²) in [6, 6.07) is 1.59. The SMILES string of the molecule is CC1(c2cc(CO)no2)OC=CO1. The first-order valence-corrected chi connectivity index (χ1v) is 3.82. The Kier molecular flexibility index (Phi) is 1.73. The minimum Gasteiger partial charge on any atom is -0.450 e. The van der Waals surface area contributed by atoms with Gasteiger partial charge in [0, 0.05) is 13.0 Å². The summed E-state index contributed by atoms with van der Waals surface area (Å²) in [4.78, 5) is 0. The molecule has 1 aliphatic heterocycles. The summed E-state index contributed by atoms with van der Waals surface area (Å²) < 4.78 is 15.3. The predicted octanol–water partition coefficient (Wildman–Crippen LogP) is 0.858. The van der Waals surface area contributed by atoms with E-state index in [0.717, 1.165) is 0 Å². The molecule has 1 aromatic heterocycles. The fraction of sp³-hybridized carbons (Fsp3) is 0.375. The van der Waals surface area contributed by atoms with Crippen LogP contribution in [0.2, 0.25) is 0 Å². The van der Waals surface area contributed by atoms with E-state index < -0.39 is 5.79 Å². The Labute approximate surface area is 74.5 Å². The number of aliphatic hydroxyl groups is 1. The van der Waals surface area contributed by atoms with Crippen molar-refractivity contribution in [3.63, 3.8) is 0 Å². The summed E-state index contributed by atoms with van der Waals surface area (Å²) in [5.41, 5.74) is 0.454. The molecule has 13 heavy (non-hydrogen) atoms. The van der Waals surface area contributed by atoms with E-state index in [1.807, 2.05) is 0 Å². The molecule has 0 fully saturated rings. The summed E-state index contributed by atoms with van der Waals surface area (Å²) in [5, 5.41) is 12.4. The summed E-state index contributed by atoms with van der Waals surface area (Å²) in [6.45, 7) is 1.54. The lowest BCUT2D eigenvalue weighted by Crippen LogP contribution is -2.21. The third-order valence-electron chi connectivity index (χ3n) is 1.81. The molecule has 70 valence electrons. The molecule has 0 unspecified atom stereocenters. The van der Waals surface area contributed by atoms with Crippen LogP contribution in [0.25, 0.3) is 0 Å². The van der Waals surface area contributed by atoms with Crippen molar-refractivity contribution in [1.82, 2.24) is 5.16 Å². The maximum Gasteiger partial charge on any atom is 0.309 e. The van der Waals surface area contributed by atoms with Gasteiger partial charge in [-0.2, -0.15) is 0 Å². The molecule has 1 aliphatic rings. The summed E-state index contributed by atoms with van der Waals surface area (Å²) in [5.74, 6) is -0.512. The molecule has 2 heterocycles. The normalized spacial score (nSPS) is 18.3. The van der Waals surface area contributed by atoms with Gasteiger partial charge in [-0.25, -0.2) is 0 Å². The molecule has 5 heteroatoms. The zero-order chi connectivity index (χ0) is 9.31. The minimum absolute atomic E-state index is 0.160. The lowest BCUT2D eigenvalue weighted by Gasteiger charge is -2.18. The van der Waals surface area contributed by atoms with E-state index in [2.05, 4.69) is 5.16 Å². The Morgan fingerprint density at radius 1 is 1.46 bits per heavy atom. The summed E-state index contributed by atoms with van der Waals surface area (Å²) in [7, 11) is 0. The van der Waals surface area contributed by atoms with Gasteiger partial charge in [0.25, 0.3) is 0 Å². The van der Waals surface area contributed by atoms with Crippen LogP contribution < -0.4 is 0 Å². The highest BCUT2D eigenvalue weighted by atomic mass is 16.7. The van der Waals surface area contributed by atoms with E-state index in [0.29, 0.717) is 11.5 Å². The highest BCUT2D eigenvalue weighted by molar-refractivity contribution is 5.11. The number of hydrogen-bond acceptors (Lipinski definition) is 5. The van der Waals surface area contributed by atoms with Crippen molar-refractivity contribution in [3.8, 4) is 0 Å². The van der Waals surface area contributed by atoms with Crippen molar-refractivity contribution < 1.29 is 19.1 Å². The molecule has 0 saturated carbocycles. The molecule has 0 amide bonds. The molecule has 0 bridgehead atoms. The maximum atomic E-state index is 8.76. The van der Waals surface area contributed by atoms with Gasteiger partial charge < -0.3 is 19.1 Å². The first kappa shape index (κ1) is 8.12. The van der Waals surface area contributed by atoms with E-state index >= 15 is 0 Å². The van der Waals surface area contributed by atoms with Gasteiger partial charge in [0.1, 0.15) is 18.2 Å². The van der Waals surface area contributed by atoms with Gasteiger partial charge in [0.2, 0.25) is 5.76 Å². The molecule has 0 saturated heterocycles. The molecule has 1 aromatic rings. The van der Waals surface area contributed by atoms with Crippen molar-refractivity contribution >= 4 is 0 Å². The largest absolute Gasteiger partial charge is 0.450 e. The minimum atomic E-state index is -0.944. The third kappa shape index (κ3) is 1.27. The average molecular weight is 183 g/mol. The standard InChI is InChI=1S/C8H9NO4/c1-8(11-2-3-12-8)7-4-6(5-10)9-13-7/h2-4,10H,5H2,1H3. The Bertz CT molecular complexity index is 323. The zero-order valence-corrected chi connectivity index (χ0v) is 7.06. The molecule has 1 N–H and O–H groups in total. The Morgan fingerprint density at radius 3 is 2.69 bits per heavy atom. The van der Waals surface area contributed by atoms with Crippen LogP contribution in [0.3, 0.4) is 0 Å². The third-order valence-corrected chi connectivity index (χ3v) is 1.81. The number of ether oxygens (including phenoxy) is 2. The molecular weight excluding hydrogens is 174 g/mol. The quantitative estimate of drug-likeness (QED) is 0.736. The molecule has 0 aromatic carbocycles. The van der Waals surface area contributed by atoms with Crippen LogP contribution in [-0.2, 0) is 21.9 Å². The predicted molar refractivity (Wildman–Crippen MR) is 41.1 cm³/mol. The smallest absolute Gasteiger partial charge is 0.309 e. The summed E-state index contributed by atoms with van der Waals surface area (Å²) in [6.07, 6.45) is 2.86. The van der Waals surface area contributed by atoms with Crippen molar-refractivity contribution in [3.05, 3.63) is 30.0 Å². The number of aromatic nitrogens is 1. The first-order chi connectivity index (χ1) is 6.24.